The highest BCUT2D eigenvalue weighted by molar-refractivity contribution is 9.10. The molecule has 0 saturated heterocycles. The van der Waals surface area contributed by atoms with Gasteiger partial charge in [0, 0.05) is 21.5 Å². The van der Waals surface area contributed by atoms with Crippen molar-refractivity contribution < 1.29 is 9.53 Å². The SMILES string of the molecule is COC(=O)c1cc(Cc2ccccc2)sc1NC(=S)Nc1ccc(Br)c(Cl)c1. The Balaban J connectivity index is 1.78. The minimum absolute atomic E-state index is 0.358. The monoisotopic (exact) mass is 494 g/mol. The van der Waals surface area contributed by atoms with E-state index in [1.807, 2.05) is 48.5 Å². The van der Waals surface area contributed by atoms with E-state index in [2.05, 4.69) is 26.6 Å². The summed E-state index contributed by atoms with van der Waals surface area (Å²) in [5.74, 6) is -0.410. The molecule has 0 saturated carbocycles. The Morgan fingerprint density at radius 2 is 1.93 bits per heavy atom. The van der Waals surface area contributed by atoms with Crippen LogP contribution in [0.15, 0.2) is 59.1 Å². The number of thiophene rings is 1. The van der Waals surface area contributed by atoms with Gasteiger partial charge in [-0.1, -0.05) is 41.9 Å². The molecule has 144 valence electrons. The predicted octanol–water partition coefficient (Wildman–Crippen LogP) is 6.35. The van der Waals surface area contributed by atoms with E-state index in [4.69, 9.17) is 28.6 Å². The van der Waals surface area contributed by atoms with E-state index >= 15 is 0 Å². The summed E-state index contributed by atoms with van der Waals surface area (Å²) in [5.41, 5.74) is 2.36. The molecule has 2 N–H and O–H groups in total. The van der Waals surface area contributed by atoms with Crippen LogP contribution in [-0.4, -0.2) is 18.2 Å². The molecular formula is C20H16BrClN2O2S2. The first-order chi connectivity index (χ1) is 13.5. The molecule has 0 aliphatic rings. The molecule has 0 aliphatic heterocycles. The Morgan fingerprint density at radius 3 is 2.61 bits per heavy atom. The Hall–Kier alpha value is -1.93. The summed E-state index contributed by atoms with van der Waals surface area (Å²) in [5, 5.41) is 7.74. The molecule has 2 aromatic carbocycles. The molecule has 3 aromatic rings. The number of carbonyl (C=O) groups is 1. The van der Waals surface area contributed by atoms with Gasteiger partial charge in [-0.3, -0.25) is 0 Å². The maximum Gasteiger partial charge on any atom is 0.340 e. The van der Waals surface area contributed by atoms with Gasteiger partial charge in [0.15, 0.2) is 5.11 Å². The van der Waals surface area contributed by atoms with Crippen molar-refractivity contribution in [3.05, 3.63) is 80.1 Å². The van der Waals surface area contributed by atoms with Gasteiger partial charge in [0.1, 0.15) is 5.00 Å². The molecule has 3 rings (SSSR count). The van der Waals surface area contributed by atoms with Crippen LogP contribution in [0.5, 0.6) is 0 Å². The first-order valence-corrected chi connectivity index (χ1v) is 10.6. The highest BCUT2D eigenvalue weighted by Crippen LogP contribution is 2.31. The van der Waals surface area contributed by atoms with Gasteiger partial charge in [-0.15, -0.1) is 11.3 Å². The zero-order valence-corrected chi connectivity index (χ0v) is 18.8. The van der Waals surface area contributed by atoms with E-state index in [9.17, 15) is 4.79 Å². The van der Waals surface area contributed by atoms with Crippen molar-refractivity contribution in [1.82, 2.24) is 0 Å². The van der Waals surface area contributed by atoms with Crippen molar-refractivity contribution in [2.45, 2.75) is 6.42 Å². The van der Waals surface area contributed by atoms with E-state index in [1.165, 1.54) is 18.4 Å². The molecule has 0 spiro atoms. The van der Waals surface area contributed by atoms with Crippen LogP contribution < -0.4 is 10.6 Å². The summed E-state index contributed by atoms with van der Waals surface area (Å²) >= 11 is 16.3. The van der Waals surface area contributed by atoms with Gasteiger partial charge < -0.3 is 15.4 Å². The first-order valence-electron chi connectivity index (χ1n) is 8.24. The molecule has 0 atom stereocenters. The normalized spacial score (nSPS) is 10.4. The molecule has 0 radical (unpaired) electrons. The van der Waals surface area contributed by atoms with Gasteiger partial charge in [0.2, 0.25) is 0 Å². The van der Waals surface area contributed by atoms with Crippen LogP contribution in [0, 0.1) is 0 Å². The van der Waals surface area contributed by atoms with Gasteiger partial charge in [-0.05, 0) is 58.0 Å². The van der Waals surface area contributed by atoms with E-state index < -0.39 is 5.97 Å². The minimum Gasteiger partial charge on any atom is -0.465 e. The van der Waals surface area contributed by atoms with Crippen LogP contribution in [0.25, 0.3) is 0 Å². The lowest BCUT2D eigenvalue weighted by molar-refractivity contribution is 0.0602. The van der Waals surface area contributed by atoms with Gasteiger partial charge in [0.25, 0.3) is 0 Å². The summed E-state index contributed by atoms with van der Waals surface area (Å²) in [7, 11) is 1.36. The standard InChI is InChI=1S/C20H16BrClN2O2S2/c1-26-19(25)15-11-14(9-12-5-3-2-4-6-12)28-18(15)24-20(27)23-13-7-8-16(21)17(22)10-13/h2-8,10-11H,9H2,1H3,(H2,23,24,27). The van der Waals surface area contributed by atoms with Gasteiger partial charge in [-0.2, -0.15) is 0 Å². The predicted molar refractivity (Wildman–Crippen MR) is 124 cm³/mol. The maximum absolute atomic E-state index is 12.2. The lowest BCUT2D eigenvalue weighted by Gasteiger charge is -2.11. The lowest BCUT2D eigenvalue weighted by atomic mass is 10.1. The topological polar surface area (TPSA) is 50.4 Å². The molecular weight excluding hydrogens is 480 g/mol. The first kappa shape index (κ1) is 20.8. The van der Waals surface area contributed by atoms with Crippen LogP contribution in [0.2, 0.25) is 5.02 Å². The number of esters is 1. The van der Waals surface area contributed by atoms with Crippen LogP contribution >= 0.6 is 51.1 Å². The van der Waals surface area contributed by atoms with Crippen molar-refractivity contribution in [3.8, 4) is 0 Å². The highest BCUT2D eigenvalue weighted by Gasteiger charge is 2.18. The van der Waals surface area contributed by atoms with Crippen molar-refractivity contribution in [2.75, 3.05) is 17.7 Å². The molecule has 1 heterocycles. The van der Waals surface area contributed by atoms with E-state index in [0.717, 1.165) is 27.0 Å². The average Bonchev–Trinajstić information content (AvgIpc) is 3.06. The number of methoxy groups -OCH3 is 1. The third kappa shape index (κ3) is 5.32. The number of benzene rings is 2. The van der Waals surface area contributed by atoms with Crippen LogP contribution in [0.3, 0.4) is 0 Å². The number of anilines is 2. The van der Waals surface area contributed by atoms with Gasteiger partial charge >= 0.3 is 5.97 Å². The van der Waals surface area contributed by atoms with E-state index in [-0.39, 0.29) is 0 Å². The van der Waals surface area contributed by atoms with Crippen molar-refractivity contribution in [3.63, 3.8) is 0 Å². The molecule has 0 amide bonds. The molecule has 0 bridgehead atoms. The number of carbonyl (C=O) groups excluding carboxylic acids is 1. The molecule has 0 fully saturated rings. The fourth-order valence-corrected chi connectivity index (χ4v) is 4.31. The number of hydrogen-bond donors (Lipinski definition) is 2. The molecule has 0 aliphatic carbocycles. The van der Waals surface area contributed by atoms with Crippen molar-refractivity contribution in [2.24, 2.45) is 0 Å². The molecule has 28 heavy (non-hydrogen) atoms. The largest absolute Gasteiger partial charge is 0.465 e. The lowest BCUT2D eigenvalue weighted by Crippen LogP contribution is -2.19. The summed E-state index contributed by atoms with van der Waals surface area (Å²) in [6.07, 6.45) is 0.722. The molecule has 8 heteroatoms. The smallest absolute Gasteiger partial charge is 0.340 e. The fraction of sp³-hybridized carbons (Fsp3) is 0.100. The highest BCUT2D eigenvalue weighted by atomic mass is 79.9. The van der Waals surface area contributed by atoms with Gasteiger partial charge in [0.05, 0.1) is 17.7 Å². The fourth-order valence-electron chi connectivity index (χ4n) is 2.52. The Morgan fingerprint density at radius 1 is 1.18 bits per heavy atom. The van der Waals surface area contributed by atoms with E-state index in [1.54, 1.807) is 6.07 Å². The van der Waals surface area contributed by atoms with Crippen LogP contribution in [0.1, 0.15) is 20.8 Å². The van der Waals surface area contributed by atoms with Crippen molar-refractivity contribution in [1.29, 1.82) is 0 Å². The zero-order chi connectivity index (χ0) is 20.1. The second-order valence-electron chi connectivity index (χ2n) is 5.82. The van der Waals surface area contributed by atoms with Crippen molar-refractivity contribution >= 4 is 72.9 Å². The quantitative estimate of drug-likeness (QED) is 0.319. The molecule has 0 unspecified atom stereocenters. The summed E-state index contributed by atoms with van der Waals surface area (Å²) in [6, 6.07) is 17.3. The Labute approximate surface area is 186 Å². The Kier molecular flexibility index (Phi) is 7.07. The number of nitrogens with one attached hydrogen (secondary N) is 2. The second-order valence-corrected chi connectivity index (χ2v) is 8.62. The number of hydrogen-bond acceptors (Lipinski definition) is 4. The maximum atomic E-state index is 12.2. The average molecular weight is 496 g/mol. The van der Waals surface area contributed by atoms with Crippen LogP contribution in [0.4, 0.5) is 10.7 Å². The summed E-state index contributed by atoms with van der Waals surface area (Å²) in [4.78, 5) is 13.2. The second kappa shape index (κ2) is 9.52. The Bertz CT molecular complexity index is 1010. The molecule has 4 nitrogen and oxygen atoms in total. The van der Waals surface area contributed by atoms with E-state index in [0.29, 0.717) is 20.7 Å². The number of halogens is 2. The molecule has 1 aromatic heterocycles. The third-order valence-corrected chi connectivity index (χ3v) is 6.30. The zero-order valence-electron chi connectivity index (χ0n) is 14.8. The number of thiocarbonyl (C=S) groups is 1. The summed E-state index contributed by atoms with van der Waals surface area (Å²) in [6.45, 7) is 0. The third-order valence-electron chi connectivity index (χ3n) is 3.81. The summed E-state index contributed by atoms with van der Waals surface area (Å²) < 4.78 is 5.71. The number of ether oxygens (including phenoxy) is 1. The van der Waals surface area contributed by atoms with Gasteiger partial charge in [-0.25, -0.2) is 4.79 Å². The minimum atomic E-state index is -0.410. The van der Waals surface area contributed by atoms with Crippen LogP contribution in [-0.2, 0) is 11.2 Å². The number of rotatable bonds is 5.